The molecule has 3 aromatic rings. The second kappa shape index (κ2) is 11.9. The number of halogens is 3. The van der Waals surface area contributed by atoms with Gasteiger partial charge in [-0.25, -0.2) is 4.79 Å². The minimum absolute atomic E-state index is 0.0867. The second-order valence-electron chi connectivity index (χ2n) is 7.32. The van der Waals surface area contributed by atoms with Crippen molar-refractivity contribution in [2.45, 2.75) is 26.0 Å². The number of rotatable bonds is 7. The highest BCUT2D eigenvalue weighted by Gasteiger charge is 2.24. The van der Waals surface area contributed by atoms with Crippen LogP contribution in [0.2, 0.25) is 5.02 Å². The highest BCUT2D eigenvalue weighted by Crippen LogP contribution is 2.28. The zero-order valence-corrected chi connectivity index (χ0v) is 22.6. The van der Waals surface area contributed by atoms with Crippen LogP contribution in [-0.2, 0) is 22.6 Å². The van der Waals surface area contributed by atoms with Crippen molar-refractivity contribution in [3.05, 3.63) is 89.5 Å². The van der Waals surface area contributed by atoms with Gasteiger partial charge in [-0.2, -0.15) is 0 Å². The maximum Gasteiger partial charge on any atom is 0.408 e. The highest BCUT2D eigenvalue weighted by atomic mass is 127. The molecule has 0 aliphatic heterocycles. The molecule has 9 heteroatoms. The van der Waals surface area contributed by atoms with Crippen molar-refractivity contribution in [2.24, 2.45) is 0 Å². The minimum atomic E-state index is -0.914. The number of nitrogens with one attached hydrogen (secondary N) is 2. The van der Waals surface area contributed by atoms with E-state index in [0.717, 1.165) is 16.7 Å². The van der Waals surface area contributed by atoms with Gasteiger partial charge in [0.15, 0.2) is 0 Å². The fourth-order valence-electron chi connectivity index (χ4n) is 3.04. The Morgan fingerprint density at radius 1 is 1.03 bits per heavy atom. The predicted molar refractivity (Wildman–Crippen MR) is 146 cm³/mol. The summed E-state index contributed by atoms with van der Waals surface area (Å²) in [5.41, 5.74) is 3.03. The van der Waals surface area contributed by atoms with Gasteiger partial charge < -0.3 is 20.5 Å². The molecule has 3 aromatic carbocycles. The van der Waals surface area contributed by atoms with E-state index in [1.54, 1.807) is 30.3 Å². The highest BCUT2D eigenvalue weighted by molar-refractivity contribution is 14.1. The lowest BCUT2D eigenvalue weighted by atomic mass is 10.0. The number of anilines is 1. The van der Waals surface area contributed by atoms with E-state index in [2.05, 4.69) is 10.6 Å². The standard InChI is InChI=1S/C24H21ClI2N2O4/c1-14-7-8-17(25)12-20(14)28-23(31)21(11-16-9-18(26)22(30)19(27)10-16)29-24(32)33-13-15-5-3-2-4-6-15/h2-10,12,21,30H,11,13H2,1H3,(H,28,31)(H,29,32)/t21-/m1/s1. The van der Waals surface area contributed by atoms with Crippen LogP contribution in [0.5, 0.6) is 5.75 Å². The molecule has 1 atom stereocenters. The molecule has 0 unspecified atom stereocenters. The van der Waals surface area contributed by atoms with E-state index < -0.39 is 18.0 Å². The number of phenols is 1. The monoisotopic (exact) mass is 690 g/mol. The van der Waals surface area contributed by atoms with E-state index in [-0.39, 0.29) is 18.8 Å². The Balaban J connectivity index is 1.78. The molecule has 0 fully saturated rings. The van der Waals surface area contributed by atoms with Crippen LogP contribution in [0.15, 0.2) is 60.7 Å². The third-order valence-electron chi connectivity index (χ3n) is 4.80. The summed E-state index contributed by atoms with van der Waals surface area (Å²) in [6.07, 6.45) is -0.497. The molecule has 0 aliphatic rings. The number of amides is 2. The number of carbonyl (C=O) groups is 2. The normalized spacial score (nSPS) is 11.5. The van der Waals surface area contributed by atoms with E-state index in [9.17, 15) is 14.7 Å². The summed E-state index contributed by atoms with van der Waals surface area (Å²) >= 11 is 10.1. The maximum absolute atomic E-state index is 13.1. The van der Waals surface area contributed by atoms with Crippen molar-refractivity contribution in [3.8, 4) is 5.75 Å². The van der Waals surface area contributed by atoms with Gasteiger partial charge in [-0.3, -0.25) is 4.79 Å². The number of aryl methyl sites for hydroxylation is 1. The molecule has 3 N–H and O–H groups in total. The minimum Gasteiger partial charge on any atom is -0.506 e. The zero-order chi connectivity index (χ0) is 24.0. The van der Waals surface area contributed by atoms with Gasteiger partial charge in [0.25, 0.3) is 0 Å². The van der Waals surface area contributed by atoms with Crippen LogP contribution in [0, 0.1) is 14.1 Å². The molecule has 2 amide bonds. The molecule has 172 valence electrons. The summed E-state index contributed by atoms with van der Waals surface area (Å²) in [6, 6.07) is 17.1. The van der Waals surface area contributed by atoms with Crippen LogP contribution in [0.4, 0.5) is 10.5 Å². The van der Waals surface area contributed by atoms with Gasteiger partial charge in [0.05, 0.1) is 7.14 Å². The lowest BCUT2D eigenvalue weighted by molar-refractivity contribution is -0.118. The fourth-order valence-corrected chi connectivity index (χ4v) is 5.11. The van der Waals surface area contributed by atoms with Gasteiger partial charge in [-0.05, 0) is 93.1 Å². The van der Waals surface area contributed by atoms with Crippen molar-refractivity contribution in [1.82, 2.24) is 5.32 Å². The molecule has 0 saturated carbocycles. The van der Waals surface area contributed by atoms with E-state index in [1.165, 1.54) is 0 Å². The topological polar surface area (TPSA) is 87.7 Å². The largest absolute Gasteiger partial charge is 0.506 e. The van der Waals surface area contributed by atoms with Crippen molar-refractivity contribution in [3.63, 3.8) is 0 Å². The van der Waals surface area contributed by atoms with Crippen LogP contribution in [-0.4, -0.2) is 23.1 Å². The molecule has 33 heavy (non-hydrogen) atoms. The number of benzene rings is 3. The molecule has 0 radical (unpaired) electrons. The third kappa shape index (κ3) is 7.47. The van der Waals surface area contributed by atoms with Gasteiger partial charge in [0.2, 0.25) is 5.91 Å². The van der Waals surface area contributed by atoms with Crippen LogP contribution < -0.4 is 10.6 Å². The van der Waals surface area contributed by atoms with E-state index in [4.69, 9.17) is 16.3 Å². The molecule has 6 nitrogen and oxygen atoms in total. The first-order valence-electron chi connectivity index (χ1n) is 9.94. The Hall–Kier alpha value is -2.05. The van der Waals surface area contributed by atoms with Crippen molar-refractivity contribution in [2.75, 3.05) is 5.32 Å². The van der Waals surface area contributed by atoms with Gasteiger partial charge in [-0.15, -0.1) is 0 Å². The number of ether oxygens (including phenoxy) is 1. The zero-order valence-electron chi connectivity index (χ0n) is 17.6. The molecule has 0 saturated heterocycles. The Labute approximate surface area is 224 Å². The lowest BCUT2D eigenvalue weighted by Gasteiger charge is -2.20. The summed E-state index contributed by atoms with van der Waals surface area (Å²) in [7, 11) is 0. The van der Waals surface area contributed by atoms with Crippen LogP contribution >= 0.6 is 56.8 Å². The first-order chi connectivity index (χ1) is 15.7. The summed E-state index contributed by atoms with van der Waals surface area (Å²) in [6.45, 7) is 1.94. The fraction of sp³-hybridized carbons (Fsp3) is 0.167. The summed E-state index contributed by atoms with van der Waals surface area (Å²) in [5, 5.41) is 16.1. The van der Waals surface area contributed by atoms with Crippen LogP contribution in [0.1, 0.15) is 16.7 Å². The number of hydrogen-bond donors (Lipinski definition) is 3. The van der Waals surface area contributed by atoms with Crippen molar-refractivity contribution in [1.29, 1.82) is 0 Å². The second-order valence-corrected chi connectivity index (χ2v) is 10.1. The maximum atomic E-state index is 13.1. The molecular weight excluding hydrogens is 670 g/mol. The Bertz CT molecular complexity index is 1140. The quantitative estimate of drug-likeness (QED) is 0.264. The number of phenolic OH excluding ortho intramolecular Hbond substituents is 1. The molecule has 0 heterocycles. The molecule has 0 spiro atoms. The molecule has 3 rings (SSSR count). The van der Waals surface area contributed by atoms with Crippen molar-refractivity contribution < 1.29 is 19.4 Å². The molecule has 0 aromatic heterocycles. The number of carbonyl (C=O) groups excluding carboxylic acids is 2. The number of aromatic hydroxyl groups is 1. The smallest absolute Gasteiger partial charge is 0.408 e. The van der Waals surface area contributed by atoms with Crippen LogP contribution in [0.3, 0.4) is 0 Å². The first kappa shape index (κ1) is 25.6. The average molecular weight is 691 g/mol. The Kier molecular flexibility index (Phi) is 9.21. The summed E-state index contributed by atoms with van der Waals surface area (Å²) in [5.74, 6) is -0.221. The summed E-state index contributed by atoms with van der Waals surface area (Å²) in [4.78, 5) is 25.7. The van der Waals surface area contributed by atoms with E-state index in [0.29, 0.717) is 17.9 Å². The molecule has 0 aliphatic carbocycles. The molecular formula is C24H21ClI2N2O4. The lowest BCUT2D eigenvalue weighted by Crippen LogP contribution is -2.45. The average Bonchev–Trinajstić information content (AvgIpc) is 2.78. The third-order valence-corrected chi connectivity index (χ3v) is 6.68. The number of alkyl carbamates (subject to hydrolysis) is 1. The predicted octanol–water partition coefficient (Wildman–Crippen LogP) is 6.04. The first-order valence-corrected chi connectivity index (χ1v) is 12.5. The molecule has 0 bridgehead atoms. The summed E-state index contributed by atoms with van der Waals surface area (Å²) < 4.78 is 6.63. The Morgan fingerprint density at radius 2 is 1.70 bits per heavy atom. The number of hydrogen-bond acceptors (Lipinski definition) is 4. The Morgan fingerprint density at radius 3 is 2.36 bits per heavy atom. The SMILES string of the molecule is Cc1ccc(Cl)cc1NC(=O)[C@@H](Cc1cc(I)c(O)c(I)c1)NC(=O)OCc1ccccc1. The van der Waals surface area contributed by atoms with E-state index >= 15 is 0 Å². The van der Waals surface area contributed by atoms with Gasteiger partial charge >= 0.3 is 6.09 Å². The van der Waals surface area contributed by atoms with Gasteiger partial charge in [-0.1, -0.05) is 48.0 Å². The van der Waals surface area contributed by atoms with Crippen LogP contribution in [0.25, 0.3) is 0 Å². The van der Waals surface area contributed by atoms with Gasteiger partial charge in [0, 0.05) is 17.1 Å². The van der Waals surface area contributed by atoms with Gasteiger partial charge in [0.1, 0.15) is 18.4 Å². The van der Waals surface area contributed by atoms with E-state index in [1.807, 2.05) is 82.4 Å². The van der Waals surface area contributed by atoms with Crippen molar-refractivity contribution >= 4 is 74.5 Å².